The van der Waals surface area contributed by atoms with Gasteiger partial charge < -0.3 is 10.2 Å². The smallest absolute Gasteiger partial charge is 0.129 e. The van der Waals surface area contributed by atoms with Crippen LogP contribution in [0.1, 0.15) is 5.56 Å². The molecule has 7 heteroatoms. The molecule has 1 aliphatic heterocycles. The predicted octanol–water partition coefficient (Wildman–Crippen LogP) is 2.66. The lowest BCUT2D eigenvalue weighted by Gasteiger charge is -2.29. The molecule has 0 saturated carbocycles. The molecule has 0 aliphatic carbocycles. The molecule has 1 aliphatic rings. The Morgan fingerprint density at radius 1 is 1.29 bits per heavy atom. The van der Waals surface area contributed by atoms with E-state index in [0.29, 0.717) is 17.1 Å². The fourth-order valence-corrected chi connectivity index (χ4v) is 2.50. The maximum Gasteiger partial charge on any atom is 0.129 e. The van der Waals surface area contributed by atoms with E-state index in [1.54, 1.807) is 12.1 Å². The van der Waals surface area contributed by atoms with E-state index in [1.807, 2.05) is 7.05 Å². The molecule has 0 bridgehead atoms. The molecule has 0 unspecified atom stereocenters. The Morgan fingerprint density at radius 3 is 2.57 bits per heavy atom. The van der Waals surface area contributed by atoms with Crippen LogP contribution in [0.3, 0.4) is 0 Å². The zero-order valence-electron chi connectivity index (χ0n) is 12.1. The molecular weight excluding hydrogens is 336 g/mol. The zero-order valence-corrected chi connectivity index (χ0v) is 14.5. The van der Waals surface area contributed by atoms with Crippen molar-refractivity contribution in [2.75, 3.05) is 46.3 Å². The van der Waals surface area contributed by atoms with Gasteiger partial charge in [-0.25, -0.2) is 4.39 Å². The first-order chi connectivity index (χ1) is 9.16. The van der Waals surface area contributed by atoms with E-state index in [0.717, 1.165) is 39.3 Å². The predicted molar refractivity (Wildman–Crippen MR) is 91.5 cm³/mol. The lowest BCUT2D eigenvalue weighted by Crippen LogP contribution is -2.45. The second-order valence-corrected chi connectivity index (χ2v) is 5.44. The maximum atomic E-state index is 13.7. The molecule has 1 N–H and O–H groups in total. The fourth-order valence-electron chi connectivity index (χ4n) is 2.28. The number of benzene rings is 1. The lowest BCUT2D eigenvalue weighted by atomic mass is 10.2. The van der Waals surface area contributed by atoms with Gasteiger partial charge in [0.25, 0.3) is 0 Å². The summed E-state index contributed by atoms with van der Waals surface area (Å²) in [6.07, 6.45) is 0. The molecule has 0 spiro atoms. The van der Waals surface area contributed by atoms with Crippen molar-refractivity contribution in [1.29, 1.82) is 0 Å². The van der Waals surface area contributed by atoms with Crippen molar-refractivity contribution in [2.24, 2.45) is 0 Å². The summed E-state index contributed by atoms with van der Waals surface area (Å²) in [6, 6.07) is 4.84. The number of hydrogen-bond acceptors (Lipinski definition) is 3. The highest BCUT2D eigenvalue weighted by molar-refractivity contribution is 6.31. The highest BCUT2D eigenvalue weighted by Crippen LogP contribution is 2.20. The minimum atomic E-state index is -0.221. The minimum absolute atomic E-state index is 0. The number of piperazine rings is 1. The number of likely N-dealkylation sites (N-methyl/N-ethyl adjacent to an activating group) is 1. The van der Waals surface area contributed by atoms with Crippen molar-refractivity contribution in [2.45, 2.75) is 6.54 Å². The summed E-state index contributed by atoms with van der Waals surface area (Å²) in [5.41, 5.74) is 0.590. The fraction of sp³-hybridized carbons (Fsp3) is 0.571. The van der Waals surface area contributed by atoms with Crippen LogP contribution in [0.15, 0.2) is 18.2 Å². The van der Waals surface area contributed by atoms with Crippen LogP contribution in [0.2, 0.25) is 5.02 Å². The second kappa shape index (κ2) is 10.6. The normalized spacial score (nSPS) is 15.4. The average Bonchev–Trinajstić information content (AvgIpc) is 2.42. The van der Waals surface area contributed by atoms with E-state index in [1.165, 1.54) is 6.07 Å². The van der Waals surface area contributed by atoms with Crippen LogP contribution in [0.25, 0.3) is 0 Å². The summed E-state index contributed by atoms with van der Waals surface area (Å²) in [5.74, 6) is -0.221. The Hall–Kier alpha value is -0.100. The molecule has 0 amide bonds. The highest BCUT2D eigenvalue weighted by Gasteiger charge is 2.12. The Bertz CT molecular complexity index is 394. The third kappa shape index (κ3) is 6.68. The van der Waals surface area contributed by atoms with E-state index in [4.69, 9.17) is 11.6 Å². The van der Waals surface area contributed by atoms with Crippen molar-refractivity contribution in [3.63, 3.8) is 0 Å². The van der Waals surface area contributed by atoms with Gasteiger partial charge in [0.15, 0.2) is 0 Å². The van der Waals surface area contributed by atoms with Gasteiger partial charge in [0.2, 0.25) is 0 Å². The molecule has 1 fully saturated rings. The van der Waals surface area contributed by atoms with Crippen molar-refractivity contribution in [3.05, 3.63) is 34.6 Å². The maximum absolute atomic E-state index is 13.7. The Morgan fingerprint density at radius 2 is 1.95 bits per heavy atom. The standard InChI is InChI=1S/C14H21ClFN3.2ClH/c1-18(9-10-19-7-5-17-6-8-19)11-12-13(15)3-2-4-14(12)16;;/h2-4,17H,5-11H2,1H3;2*1H. The lowest BCUT2D eigenvalue weighted by molar-refractivity contribution is 0.201. The number of nitrogens with zero attached hydrogens (tertiary/aromatic N) is 2. The molecule has 1 aromatic carbocycles. The van der Waals surface area contributed by atoms with Gasteiger partial charge in [-0.05, 0) is 19.2 Å². The SMILES string of the molecule is CN(CCN1CCNCC1)Cc1c(F)cccc1Cl.Cl.Cl. The number of rotatable bonds is 5. The van der Waals surface area contributed by atoms with Gasteiger partial charge in [0, 0.05) is 56.4 Å². The third-order valence-corrected chi connectivity index (χ3v) is 3.85. The first kappa shape index (κ1) is 20.9. The molecule has 122 valence electrons. The summed E-state index contributed by atoms with van der Waals surface area (Å²) in [5, 5.41) is 3.84. The van der Waals surface area contributed by atoms with Crippen LogP contribution in [-0.4, -0.2) is 56.1 Å². The van der Waals surface area contributed by atoms with E-state index in [-0.39, 0.29) is 30.6 Å². The molecule has 1 saturated heterocycles. The molecule has 1 aromatic rings. The quantitative estimate of drug-likeness (QED) is 0.873. The molecule has 21 heavy (non-hydrogen) atoms. The number of hydrogen-bond donors (Lipinski definition) is 1. The molecule has 3 nitrogen and oxygen atoms in total. The van der Waals surface area contributed by atoms with Crippen LogP contribution in [-0.2, 0) is 6.54 Å². The van der Waals surface area contributed by atoms with Crippen LogP contribution < -0.4 is 5.32 Å². The van der Waals surface area contributed by atoms with Gasteiger partial charge in [-0.3, -0.25) is 4.90 Å². The van der Waals surface area contributed by atoms with Gasteiger partial charge in [-0.15, -0.1) is 24.8 Å². The number of halogens is 4. The van der Waals surface area contributed by atoms with Gasteiger partial charge >= 0.3 is 0 Å². The monoisotopic (exact) mass is 357 g/mol. The molecule has 1 heterocycles. The topological polar surface area (TPSA) is 18.5 Å². The van der Waals surface area contributed by atoms with E-state index in [2.05, 4.69) is 15.1 Å². The summed E-state index contributed by atoms with van der Waals surface area (Å²) in [6.45, 7) is 6.79. The highest BCUT2D eigenvalue weighted by atomic mass is 35.5. The van der Waals surface area contributed by atoms with Gasteiger partial charge in [-0.1, -0.05) is 17.7 Å². The average molecular weight is 359 g/mol. The Kier molecular flexibility index (Phi) is 10.5. The van der Waals surface area contributed by atoms with Crippen LogP contribution >= 0.6 is 36.4 Å². The van der Waals surface area contributed by atoms with E-state index >= 15 is 0 Å². The summed E-state index contributed by atoms with van der Waals surface area (Å²) < 4.78 is 13.7. The summed E-state index contributed by atoms with van der Waals surface area (Å²) >= 11 is 6.04. The minimum Gasteiger partial charge on any atom is -0.314 e. The number of nitrogens with one attached hydrogen (secondary N) is 1. The van der Waals surface area contributed by atoms with Crippen molar-refractivity contribution in [1.82, 2.24) is 15.1 Å². The van der Waals surface area contributed by atoms with Gasteiger partial charge in [0.1, 0.15) is 5.82 Å². The second-order valence-electron chi connectivity index (χ2n) is 5.03. The first-order valence-electron chi connectivity index (χ1n) is 6.71. The Balaban J connectivity index is 0.00000200. The van der Waals surface area contributed by atoms with Crippen LogP contribution in [0, 0.1) is 5.82 Å². The van der Waals surface area contributed by atoms with Crippen molar-refractivity contribution >= 4 is 36.4 Å². The molecular formula is C14H23Cl3FN3. The van der Waals surface area contributed by atoms with Gasteiger partial charge in [0.05, 0.1) is 0 Å². The molecule has 0 atom stereocenters. The molecule has 2 rings (SSSR count). The molecule has 0 radical (unpaired) electrons. The van der Waals surface area contributed by atoms with E-state index in [9.17, 15) is 4.39 Å². The van der Waals surface area contributed by atoms with Crippen molar-refractivity contribution < 1.29 is 4.39 Å². The zero-order chi connectivity index (χ0) is 13.7. The van der Waals surface area contributed by atoms with Crippen molar-refractivity contribution in [3.8, 4) is 0 Å². The Labute approximate surface area is 143 Å². The third-order valence-electron chi connectivity index (χ3n) is 3.50. The first-order valence-corrected chi connectivity index (χ1v) is 7.09. The van der Waals surface area contributed by atoms with Crippen LogP contribution in [0.5, 0.6) is 0 Å². The summed E-state index contributed by atoms with van der Waals surface area (Å²) in [4.78, 5) is 4.54. The van der Waals surface area contributed by atoms with Gasteiger partial charge in [-0.2, -0.15) is 0 Å². The summed E-state index contributed by atoms with van der Waals surface area (Å²) in [7, 11) is 2.00. The van der Waals surface area contributed by atoms with Crippen LogP contribution in [0.4, 0.5) is 4.39 Å². The largest absolute Gasteiger partial charge is 0.314 e. The molecule has 0 aromatic heterocycles. The van der Waals surface area contributed by atoms with E-state index < -0.39 is 0 Å².